The van der Waals surface area contributed by atoms with Crippen LogP contribution in [0.2, 0.25) is 0 Å². The first-order chi connectivity index (χ1) is 10.3. The third-order valence-corrected chi connectivity index (χ3v) is 4.68. The SMILES string of the molecule is O=c1c2ccccc2nc(CCl)n1C1CCCCCCC1. The van der Waals surface area contributed by atoms with Gasteiger partial charge in [0.2, 0.25) is 0 Å². The van der Waals surface area contributed by atoms with E-state index in [9.17, 15) is 4.79 Å². The highest BCUT2D eigenvalue weighted by Gasteiger charge is 2.19. The second-order valence-corrected chi connectivity index (χ2v) is 6.12. The molecule has 0 amide bonds. The number of nitrogens with zero attached hydrogens (tertiary/aromatic N) is 2. The lowest BCUT2D eigenvalue weighted by Crippen LogP contribution is -2.29. The lowest BCUT2D eigenvalue weighted by Gasteiger charge is -2.24. The predicted molar refractivity (Wildman–Crippen MR) is 86.9 cm³/mol. The van der Waals surface area contributed by atoms with Gasteiger partial charge in [-0.15, -0.1) is 11.6 Å². The van der Waals surface area contributed by atoms with Crippen LogP contribution in [0.15, 0.2) is 29.1 Å². The summed E-state index contributed by atoms with van der Waals surface area (Å²) in [5.41, 5.74) is 0.821. The number of rotatable bonds is 2. The third kappa shape index (κ3) is 2.98. The molecule has 1 aliphatic rings. The van der Waals surface area contributed by atoms with Crippen molar-refractivity contribution in [3.05, 3.63) is 40.4 Å². The van der Waals surface area contributed by atoms with E-state index >= 15 is 0 Å². The van der Waals surface area contributed by atoms with Gasteiger partial charge in [0, 0.05) is 6.04 Å². The van der Waals surface area contributed by atoms with Crippen molar-refractivity contribution in [1.29, 1.82) is 0 Å². The van der Waals surface area contributed by atoms with E-state index in [0.717, 1.165) is 18.4 Å². The van der Waals surface area contributed by atoms with E-state index < -0.39 is 0 Å². The lowest BCUT2D eigenvalue weighted by molar-refractivity contribution is 0.357. The van der Waals surface area contributed by atoms with Crippen LogP contribution < -0.4 is 5.56 Å². The molecule has 0 unspecified atom stereocenters. The normalized spacial score (nSPS) is 17.6. The smallest absolute Gasteiger partial charge is 0.261 e. The highest BCUT2D eigenvalue weighted by molar-refractivity contribution is 6.16. The maximum atomic E-state index is 12.9. The average Bonchev–Trinajstić information content (AvgIpc) is 2.48. The quantitative estimate of drug-likeness (QED) is 0.770. The van der Waals surface area contributed by atoms with Gasteiger partial charge >= 0.3 is 0 Å². The zero-order valence-electron chi connectivity index (χ0n) is 12.2. The van der Waals surface area contributed by atoms with Crippen LogP contribution >= 0.6 is 11.6 Å². The van der Waals surface area contributed by atoms with Gasteiger partial charge in [0.25, 0.3) is 5.56 Å². The fraction of sp³-hybridized carbons (Fsp3) is 0.529. The Bertz CT molecular complexity index is 672. The van der Waals surface area contributed by atoms with E-state index in [4.69, 9.17) is 11.6 Å². The molecule has 0 aliphatic heterocycles. The molecule has 3 rings (SSSR count). The Kier molecular flexibility index (Phi) is 4.59. The van der Waals surface area contributed by atoms with Crippen LogP contribution in [0.4, 0.5) is 0 Å². The zero-order valence-corrected chi connectivity index (χ0v) is 13.0. The summed E-state index contributed by atoms with van der Waals surface area (Å²) in [5, 5.41) is 0.702. The molecule has 0 N–H and O–H groups in total. The predicted octanol–water partition coefficient (Wildman–Crippen LogP) is 4.42. The maximum Gasteiger partial charge on any atom is 0.261 e. The number of para-hydroxylation sites is 1. The highest BCUT2D eigenvalue weighted by Crippen LogP contribution is 2.27. The van der Waals surface area contributed by atoms with E-state index in [0.29, 0.717) is 11.2 Å². The van der Waals surface area contributed by atoms with Gasteiger partial charge in [-0.2, -0.15) is 0 Å². The van der Waals surface area contributed by atoms with Gasteiger partial charge in [-0.3, -0.25) is 9.36 Å². The van der Waals surface area contributed by atoms with Gasteiger partial charge in [-0.25, -0.2) is 4.98 Å². The summed E-state index contributed by atoms with van der Waals surface area (Å²) in [6.45, 7) is 0. The molecular formula is C17H21ClN2O. The van der Waals surface area contributed by atoms with Crippen molar-refractivity contribution >= 4 is 22.5 Å². The van der Waals surface area contributed by atoms with Crippen molar-refractivity contribution < 1.29 is 0 Å². The first-order valence-corrected chi connectivity index (χ1v) is 8.41. The van der Waals surface area contributed by atoms with Gasteiger partial charge in [0.05, 0.1) is 16.8 Å². The number of fused-ring (bicyclic) bond motifs is 1. The van der Waals surface area contributed by atoms with E-state index in [1.54, 1.807) is 0 Å². The van der Waals surface area contributed by atoms with Crippen LogP contribution in [0.5, 0.6) is 0 Å². The molecule has 0 spiro atoms. The molecule has 4 heteroatoms. The lowest BCUT2D eigenvalue weighted by atomic mass is 9.96. The maximum absolute atomic E-state index is 12.9. The van der Waals surface area contributed by atoms with E-state index in [1.165, 1.54) is 32.1 Å². The minimum Gasteiger partial charge on any atom is -0.292 e. The van der Waals surface area contributed by atoms with Crippen LogP contribution in [-0.4, -0.2) is 9.55 Å². The minimum atomic E-state index is 0.0711. The van der Waals surface area contributed by atoms with Gasteiger partial charge < -0.3 is 0 Å². The monoisotopic (exact) mass is 304 g/mol. The van der Waals surface area contributed by atoms with E-state index in [2.05, 4.69) is 4.98 Å². The first kappa shape index (κ1) is 14.6. The van der Waals surface area contributed by atoms with Crippen molar-refractivity contribution in [3.63, 3.8) is 0 Å². The largest absolute Gasteiger partial charge is 0.292 e. The Hall–Kier alpha value is -1.35. The molecule has 1 aromatic heterocycles. The molecule has 1 heterocycles. The summed E-state index contributed by atoms with van der Waals surface area (Å²) in [7, 11) is 0. The van der Waals surface area contributed by atoms with Crippen molar-refractivity contribution in [2.24, 2.45) is 0 Å². The summed E-state index contributed by atoms with van der Waals surface area (Å²) in [5.74, 6) is 1.00. The molecule has 1 aromatic carbocycles. The average molecular weight is 305 g/mol. The Labute approximate surface area is 130 Å². The minimum absolute atomic E-state index is 0.0711. The summed E-state index contributed by atoms with van der Waals surface area (Å²) < 4.78 is 1.88. The number of hydrogen-bond acceptors (Lipinski definition) is 2. The molecule has 2 aromatic rings. The van der Waals surface area contributed by atoms with Crippen LogP contribution in [0.3, 0.4) is 0 Å². The molecule has 112 valence electrons. The highest BCUT2D eigenvalue weighted by atomic mass is 35.5. The molecule has 21 heavy (non-hydrogen) atoms. The number of aromatic nitrogens is 2. The molecular weight excluding hydrogens is 284 g/mol. The molecule has 3 nitrogen and oxygen atoms in total. The van der Waals surface area contributed by atoms with Crippen LogP contribution in [0.25, 0.3) is 10.9 Å². The van der Waals surface area contributed by atoms with Crippen molar-refractivity contribution in [2.45, 2.75) is 56.9 Å². The Morgan fingerprint density at radius 1 is 1.10 bits per heavy atom. The third-order valence-electron chi connectivity index (χ3n) is 4.44. The number of benzene rings is 1. The summed E-state index contributed by atoms with van der Waals surface area (Å²) >= 11 is 6.07. The van der Waals surface area contributed by atoms with Crippen molar-refractivity contribution in [1.82, 2.24) is 9.55 Å². The second kappa shape index (κ2) is 6.61. The van der Waals surface area contributed by atoms with Crippen molar-refractivity contribution in [3.8, 4) is 0 Å². The van der Waals surface area contributed by atoms with E-state index in [-0.39, 0.29) is 17.5 Å². The first-order valence-electron chi connectivity index (χ1n) is 7.87. The van der Waals surface area contributed by atoms with Crippen molar-refractivity contribution in [2.75, 3.05) is 0 Å². The number of alkyl halides is 1. The fourth-order valence-corrected chi connectivity index (χ4v) is 3.54. The zero-order chi connectivity index (χ0) is 14.7. The summed E-state index contributed by atoms with van der Waals surface area (Å²) in [6.07, 6.45) is 8.34. The van der Waals surface area contributed by atoms with Crippen LogP contribution in [0.1, 0.15) is 56.8 Å². The molecule has 0 saturated heterocycles. The molecule has 0 radical (unpaired) electrons. The van der Waals surface area contributed by atoms with Crippen LogP contribution in [-0.2, 0) is 5.88 Å². The van der Waals surface area contributed by atoms with Gasteiger partial charge in [0.15, 0.2) is 0 Å². The topological polar surface area (TPSA) is 34.9 Å². The second-order valence-electron chi connectivity index (χ2n) is 5.85. The number of hydrogen-bond donors (Lipinski definition) is 0. The summed E-state index contributed by atoms with van der Waals surface area (Å²) in [6, 6.07) is 7.81. The molecule has 1 saturated carbocycles. The Morgan fingerprint density at radius 2 is 1.76 bits per heavy atom. The summed E-state index contributed by atoms with van der Waals surface area (Å²) in [4.78, 5) is 17.5. The number of halogens is 1. The van der Waals surface area contributed by atoms with Gasteiger partial charge in [-0.05, 0) is 25.0 Å². The standard InChI is InChI=1S/C17H21ClN2O/c18-12-16-19-15-11-7-6-10-14(15)17(21)20(16)13-8-4-2-1-3-5-9-13/h6-7,10-11,13H,1-5,8-9,12H2. The van der Waals surface area contributed by atoms with E-state index in [1.807, 2.05) is 28.8 Å². The van der Waals surface area contributed by atoms with Crippen LogP contribution in [0, 0.1) is 0 Å². The molecule has 1 aliphatic carbocycles. The Morgan fingerprint density at radius 3 is 2.48 bits per heavy atom. The Balaban J connectivity index is 2.10. The molecule has 0 bridgehead atoms. The molecule has 0 atom stereocenters. The molecule has 1 fully saturated rings. The van der Waals surface area contributed by atoms with Gasteiger partial charge in [0.1, 0.15) is 5.82 Å². The van der Waals surface area contributed by atoms with Gasteiger partial charge in [-0.1, -0.05) is 44.2 Å². The fourth-order valence-electron chi connectivity index (χ4n) is 3.36.